The summed E-state index contributed by atoms with van der Waals surface area (Å²) >= 11 is 0. The van der Waals surface area contributed by atoms with Crippen molar-refractivity contribution in [2.75, 3.05) is 45.2 Å². The van der Waals surface area contributed by atoms with Crippen LogP contribution in [-0.4, -0.2) is 44.4 Å². The van der Waals surface area contributed by atoms with Crippen LogP contribution in [0.15, 0.2) is 24.3 Å². The summed E-state index contributed by atoms with van der Waals surface area (Å²) in [6.45, 7) is 14.3. The predicted octanol–water partition coefficient (Wildman–Crippen LogP) is 4.45. The van der Waals surface area contributed by atoms with Gasteiger partial charge in [0.1, 0.15) is 0 Å². The standard InChI is InChI=1S/C23H36N2O2/c1-22(2)9-7-18(8-10-22)20-17-19(5-6-21(20)24)23(3,4)27-16-13-25-11-14-26-15-12-25/h5-7,17H,8-16,24H2,1-4H3. The van der Waals surface area contributed by atoms with Gasteiger partial charge in [0, 0.05) is 30.9 Å². The smallest absolute Gasteiger partial charge is 0.0876 e. The third-order valence-corrected chi connectivity index (χ3v) is 6.04. The van der Waals surface area contributed by atoms with Crippen molar-refractivity contribution in [1.29, 1.82) is 0 Å². The maximum absolute atomic E-state index is 6.33. The minimum absolute atomic E-state index is 0.330. The van der Waals surface area contributed by atoms with Crippen LogP contribution in [0.5, 0.6) is 0 Å². The number of ether oxygens (including phenoxy) is 2. The molecular weight excluding hydrogens is 336 g/mol. The van der Waals surface area contributed by atoms with E-state index in [0.29, 0.717) is 5.41 Å². The van der Waals surface area contributed by atoms with Gasteiger partial charge in [0.2, 0.25) is 0 Å². The molecule has 0 bridgehead atoms. The van der Waals surface area contributed by atoms with Crippen molar-refractivity contribution >= 4 is 11.3 Å². The summed E-state index contributed by atoms with van der Waals surface area (Å²) in [5, 5.41) is 0. The Morgan fingerprint density at radius 2 is 1.96 bits per heavy atom. The fraction of sp³-hybridized carbons (Fsp3) is 0.652. The lowest BCUT2D eigenvalue weighted by molar-refractivity contribution is -0.0420. The lowest BCUT2D eigenvalue weighted by atomic mass is 9.76. The number of nitrogens with two attached hydrogens (primary N) is 1. The maximum Gasteiger partial charge on any atom is 0.0876 e. The Morgan fingerprint density at radius 3 is 2.63 bits per heavy atom. The molecule has 1 aromatic carbocycles. The number of allylic oxidation sites excluding steroid dienone is 2. The average molecular weight is 373 g/mol. The van der Waals surface area contributed by atoms with Gasteiger partial charge in [0.25, 0.3) is 0 Å². The quantitative estimate of drug-likeness (QED) is 0.750. The second kappa shape index (κ2) is 8.34. The molecule has 27 heavy (non-hydrogen) atoms. The summed E-state index contributed by atoms with van der Waals surface area (Å²) < 4.78 is 11.7. The Hall–Kier alpha value is -1.36. The first-order valence-electron chi connectivity index (χ1n) is 10.3. The first-order valence-corrected chi connectivity index (χ1v) is 10.3. The molecule has 0 spiro atoms. The van der Waals surface area contributed by atoms with E-state index in [-0.39, 0.29) is 5.60 Å². The normalized spacial score (nSPS) is 21.1. The highest BCUT2D eigenvalue weighted by molar-refractivity contribution is 5.76. The fourth-order valence-electron chi connectivity index (χ4n) is 3.87. The van der Waals surface area contributed by atoms with Crippen LogP contribution < -0.4 is 5.73 Å². The van der Waals surface area contributed by atoms with Crippen LogP contribution in [0, 0.1) is 5.41 Å². The zero-order valence-electron chi connectivity index (χ0n) is 17.5. The van der Waals surface area contributed by atoms with Crippen molar-refractivity contribution in [1.82, 2.24) is 4.90 Å². The van der Waals surface area contributed by atoms with Crippen molar-refractivity contribution in [3.63, 3.8) is 0 Å². The largest absolute Gasteiger partial charge is 0.398 e. The third kappa shape index (κ3) is 5.34. The highest BCUT2D eigenvalue weighted by atomic mass is 16.5. The van der Waals surface area contributed by atoms with Gasteiger partial charge < -0.3 is 15.2 Å². The Balaban J connectivity index is 1.67. The Labute approximate surface area is 164 Å². The molecular formula is C23H36N2O2. The third-order valence-electron chi connectivity index (χ3n) is 6.04. The molecule has 1 saturated heterocycles. The minimum Gasteiger partial charge on any atom is -0.398 e. The number of morpholine rings is 1. The van der Waals surface area contributed by atoms with Crippen LogP contribution in [0.4, 0.5) is 5.69 Å². The van der Waals surface area contributed by atoms with Crippen LogP contribution in [0.3, 0.4) is 0 Å². The van der Waals surface area contributed by atoms with Gasteiger partial charge in [-0.15, -0.1) is 0 Å². The summed E-state index contributed by atoms with van der Waals surface area (Å²) in [6, 6.07) is 6.40. The molecule has 2 aliphatic rings. The molecule has 2 N–H and O–H groups in total. The number of hydrogen-bond donors (Lipinski definition) is 1. The van der Waals surface area contributed by atoms with Crippen LogP contribution in [0.2, 0.25) is 0 Å². The average Bonchev–Trinajstić information content (AvgIpc) is 2.63. The van der Waals surface area contributed by atoms with Crippen molar-refractivity contribution in [2.45, 2.75) is 52.6 Å². The Bertz CT molecular complexity index is 673. The van der Waals surface area contributed by atoms with Crippen molar-refractivity contribution in [3.8, 4) is 0 Å². The summed E-state index contributed by atoms with van der Waals surface area (Å²) in [6.07, 6.45) is 5.80. The summed E-state index contributed by atoms with van der Waals surface area (Å²) in [7, 11) is 0. The van der Waals surface area contributed by atoms with E-state index >= 15 is 0 Å². The molecule has 0 amide bonds. The van der Waals surface area contributed by atoms with E-state index in [1.165, 1.54) is 23.1 Å². The zero-order valence-corrected chi connectivity index (χ0v) is 17.5. The predicted molar refractivity (Wildman–Crippen MR) is 113 cm³/mol. The summed E-state index contributed by atoms with van der Waals surface area (Å²) in [5.41, 5.74) is 11.0. The molecule has 0 saturated carbocycles. The van der Waals surface area contributed by atoms with Crippen LogP contribution >= 0.6 is 0 Å². The highest BCUT2D eigenvalue weighted by Gasteiger charge is 2.26. The fourth-order valence-corrected chi connectivity index (χ4v) is 3.87. The molecule has 150 valence electrons. The molecule has 4 nitrogen and oxygen atoms in total. The second-order valence-corrected chi connectivity index (χ2v) is 9.21. The van der Waals surface area contributed by atoms with Crippen LogP contribution in [0.25, 0.3) is 5.57 Å². The summed E-state index contributed by atoms with van der Waals surface area (Å²) in [5.74, 6) is 0. The maximum atomic E-state index is 6.33. The van der Waals surface area contributed by atoms with Crippen molar-refractivity contribution < 1.29 is 9.47 Å². The molecule has 0 radical (unpaired) electrons. The SMILES string of the molecule is CC1(C)CC=C(c2cc(C(C)(C)OCCN3CCOCC3)ccc2N)CC1. The Kier molecular flexibility index (Phi) is 6.29. The molecule has 0 atom stereocenters. The topological polar surface area (TPSA) is 47.7 Å². The molecule has 1 aliphatic heterocycles. The van der Waals surface area contributed by atoms with Crippen LogP contribution in [0.1, 0.15) is 58.1 Å². The van der Waals surface area contributed by atoms with E-state index < -0.39 is 0 Å². The molecule has 1 heterocycles. The number of rotatable bonds is 6. The van der Waals surface area contributed by atoms with Gasteiger partial charge in [-0.25, -0.2) is 0 Å². The van der Waals surface area contributed by atoms with E-state index in [2.05, 4.69) is 50.8 Å². The van der Waals surface area contributed by atoms with Gasteiger partial charge in [0.15, 0.2) is 0 Å². The van der Waals surface area contributed by atoms with Crippen LogP contribution in [-0.2, 0) is 15.1 Å². The molecule has 0 aromatic heterocycles. The number of nitrogens with zero attached hydrogens (tertiary/aromatic N) is 1. The zero-order chi connectivity index (χ0) is 19.5. The highest BCUT2D eigenvalue weighted by Crippen LogP contribution is 2.40. The molecule has 0 unspecified atom stereocenters. The van der Waals surface area contributed by atoms with Gasteiger partial charge in [0.05, 0.1) is 25.4 Å². The lowest BCUT2D eigenvalue weighted by Crippen LogP contribution is -2.39. The Morgan fingerprint density at radius 1 is 1.22 bits per heavy atom. The van der Waals surface area contributed by atoms with E-state index in [1.54, 1.807) is 0 Å². The van der Waals surface area contributed by atoms with Crippen molar-refractivity contribution in [2.24, 2.45) is 5.41 Å². The van der Waals surface area contributed by atoms with Gasteiger partial charge in [-0.2, -0.15) is 0 Å². The van der Waals surface area contributed by atoms with Gasteiger partial charge >= 0.3 is 0 Å². The number of benzene rings is 1. The van der Waals surface area contributed by atoms with Gasteiger partial charge in [-0.3, -0.25) is 4.90 Å². The molecule has 1 aliphatic carbocycles. The second-order valence-electron chi connectivity index (χ2n) is 9.21. The van der Waals surface area contributed by atoms with E-state index in [0.717, 1.165) is 58.0 Å². The lowest BCUT2D eigenvalue weighted by Gasteiger charge is -2.31. The first kappa shape index (κ1) is 20.4. The monoisotopic (exact) mass is 372 g/mol. The number of nitrogen functional groups attached to an aromatic ring is 1. The minimum atomic E-state index is -0.330. The van der Waals surface area contributed by atoms with Crippen molar-refractivity contribution in [3.05, 3.63) is 35.4 Å². The number of hydrogen-bond acceptors (Lipinski definition) is 4. The molecule has 1 aromatic rings. The molecule has 4 heteroatoms. The van der Waals surface area contributed by atoms with Gasteiger partial charge in [-0.1, -0.05) is 26.0 Å². The van der Waals surface area contributed by atoms with E-state index in [9.17, 15) is 0 Å². The molecule has 3 rings (SSSR count). The summed E-state index contributed by atoms with van der Waals surface area (Å²) in [4.78, 5) is 2.41. The van der Waals surface area contributed by atoms with Gasteiger partial charge in [-0.05, 0) is 61.8 Å². The number of anilines is 1. The molecule has 1 fully saturated rings. The first-order chi connectivity index (χ1) is 12.8. The van der Waals surface area contributed by atoms with E-state index in [1.807, 2.05) is 6.07 Å². The van der Waals surface area contributed by atoms with E-state index in [4.69, 9.17) is 15.2 Å².